The number of morpholine rings is 1. The monoisotopic (exact) mass is 239 g/mol. The molecule has 0 atom stereocenters. The molecular weight excluding hydrogens is 225 g/mol. The standard InChI is InChI=1S/C11H14FN3O2/c1-13-10-9(12)8(2-3-14-10)11(16)15-4-6-17-7-5-15/h2-3H,4-7H2,1H3,(H,13,14). The maximum atomic E-state index is 13.9. The van der Waals surface area contributed by atoms with Crippen LogP contribution in [0.15, 0.2) is 12.3 Å². The van der Waals surface area contributed by atoms with E-state index in [0.29, 0.717) is 26.3 Å². The van der Waals surface area contributed by atoms with Crippen LogP contribution in [0.5, 0.6) is 0 Å². The number of pyridine rings is 1. The second-order valence-corrected chi connectivity index (χ2v) is 3.68. The van der Waals surface area contributed by atoms with Crippen molar-refractivity contribution >= 4 is 11.7 Å². The van der Waals surface area contributed by atoms with Crippen molar-refractivity contribution in [1.29, 1.82) is 0 Å². The van der Waals surface area contributed by atoms with Gasteiger partial charge in [0.25, 0.3) is 5.91 Å². The molecule has 2 heterocycles. The normalized spacial score (nSPS) is 15.8. The maximum absolute atomic E-state index is 13.9. The first-order chi connectivity index (χ1) is 8.24. The van der Waals surface area contributed by atoms with Crippen LogP contribution in [0.3, 0.4) is 0 Å². The lowest BCUT2D eigenvalue weighted by molar-refractivity contribution is 0.0300. The van der Waals surface area contributed by atoms with E-state index >= 15 is 0 Å². The van der Waals surface area contributed by atoms with Gasteiger partial charge >= 0.3 is 0 Å². The van der Waals surface area contributed by atoms with Gasteiger partial charge in [-0.05, 0) is 6.07 Å². The molecule has 0 aliphatic carbocycles. The molecule has 1 fully saturated rings. The van der Waals surface area contributed by atoms with Crippen LogP contribution >= 0.6 is 0 Å². The summed E-state index contributed by atoms with van der Waals surface area (Å²) in [5.41, 5.74) is 0.0475. The van der Waals surface area contributed by atoms with Crippen molar-refractivity contribution < 1.29 is 13.9 Å². The zero-order valence-corrected chi connectivity index (χ0v) is 9.57. The summed E-state index contributed by atoms with van der Waals surface area (Å²) in [6, 6.07) is 1.40. The highest BCUT2D eigenvalue weighted by atomic mass is 19.1. The Kier molecular flexibility index (Phi) is 3.53. The summed E-state index contributed by atoms with van der Waals surface area (Å²) in [6.45, 7) is 1.99. The van der Waals surface area contributed by atoms with Crippen LogP contribution in [0.2, 0.25) is 0 Å². The molecule has 1 aromatic heterocycles. The summed E-state index contributed by atoms with van der Waals surface area (Å²) < 4.78 is 19.0. The molecule has 1 saturated heterocycles. The van der Waals surface area contributed by atoms with Gasteiger partial charge in [-0.2, -0.15) is 0 Å². The Hall–Kier alpha value is -1.69. The number of nitrogens with one attached hydrogen (secondary N) is 1. The van der Waals surface area contributed by atoms with Gasteiger partial charge in [0.2, 0.25) is 0 Å². The van der Waals surface area contributed by atoms with Crippen LogP contribution in [0.4, 0.5) is 10.2 Å². The molecule has 0 saturated carbocycles. The molecule has 2 rings (SSSR count). The van der Waals surface area contributed by atoms with Crippen molar-refractivity contribution in [2.75, 3.05) is 38.7 Å². The lowest BCUT2D eigenvalue weighted by Gasteiger charge is -2.27. The minimum atomic E-state index is -0.605. The van der Waals surface area contributed by atoms with E-state index in [1.165, 1.54) is 12.3 Å². The first-order valence-corrected chi connectivity index (χ1v) is 5.43. The smallest absolute Gasteiger partial charge is 0.257 e. The molecule has 0 bridgehead atoms. The quantitative estimate of drug-likeness (QED) is 0.826. The van der Waals surface area contributed by atoms with Crippen LogP contribution in [0, 0.1) is 5.82 Å². The number of hydrogen-bond donors (Lipinski definition) is 1. The fourth-order valence-corrected chi connectivity index (χ4v) is 1.72. The van der Waals surface area contributed by atoms with Gasteiger partial charge < -0.3 is 15.0 Å². The largest absolute Gasteiger partial charge is 0.378 e. The van der Waals surface area contributed by atoms with Gasteiger partial charge in [0.1, 0.15) is 0 Å². The lowest BCUT2D eigenvalue weighted by Crippen LogP contribution is -2.41. The Labute approximate surface area is 98.6 Å². The molecule has 5 nitrogen and oxygen atoms in total. The highest BCUT2D eigenvalue weighted by Gasteiger charge is 2.22. The second-order valence-electron chi connectivity index (χ2n) is 3.68. The van der Waals surface area contributed by atoms with Crippen LogP contribution in [-0.2, 0) is 4.74 Å². The first kappa shape index (κ1) is 11.8. The zero-order valence-electron chi connectivity index (χ0n) is 9.57. The van der Waals surface area contributed by atoms with Crippen molar-refractivity contribution in [3.05, 3.63) is 23.6 Å². The van der Waals surface area contributed by atoms with E-state index in [1.807, 2.05) is 0 Å². The number of anilines is 1. The van der Waals surface area contributed by atoms with Gasteiger partial charge in [0, 0.05) is 26.3 Å². The number of nitrogens with zero attached hydrogens (tertiary/aromatic N) is 2. The Morgan fingerprint density at radius 2 is 2.24 bits per heavy atom. The third-order valence-corrected chi connectivity index (χ3v) is 2.65. The number of amides is 1. The summed E-state index contributed by atoms with van der Waals surface area (Å²) in [4.78, 5) is 17.5. The number of carbonyl (C=O) groups excluding carboxylic acids is 1. The van der Waals surface area contributed by atoms with Gasteiger partial charge in [-0.3, -0.25) is 4.79 Å². The van der Waals surface area contributed by atoms with E-state index in [2.05, 4.69) is 10.3 Å². The fourth-order valence-electron chi connectivity index (χ4n) is 1.72. The topological polar surface area (TPSA) is 54.5 Å². The summed E-state index contributed by atoms with van der Waals surface area (Å²) in [6.07, 6.45) is 1.42. The average Bonchev–Trinajstić information content (AvgIpc) is 2.39. The first-order valence-electron chi connectivity index (χ1n) is 5.43. The Morgan fingerprint density at radius 3 is 2.88 bits per heavy atom. The molecule has 0 spiro atoms. The molecule has 0 aromatic carbocycles. The summed E-state index contributed by atoms with van der Waals surface area (Å²) in [5, 5.41) is 2.61. The van der Waals surface area contributed by atoms with Crippen molar-refractivity contribution in [3.8, 4) is 0 Å². The number of carbonyl (C=O) groups is 1. The molecule has 1 aliphatic rings. The Balaban J connectivity index is 2.23. The highest BCUT2D eigenvalue weighted by Crippen LogP contribution is 2.16. The minimum absolute atomic E-state index is 0.0475. The predicted octanol–water partition coefficient (Wildman–Crippen LogP) is 0.735. The number of rotatable bonds is 2. The van der Waals surface area contributed by atoms with Gasteiger partial charge in [0.05, 0.1) is 18.8 Å². The van der Waals surface area contributed by atoms with Crippen LogP contribution in [-0.4, -0.2) is 49.1 Å². The van der Waals surface area contributed by atoms with Gasteiger partial charge in [0.15, 0.2) is 11.6 Å². The molecule has 1 aromatic rings. The van der Waals surface area contributed by atoms with Gasteiger partial charge in [-0.1, -0.05) is 0 Å². The maximum Gasteiger partial charge on any atom is 0.257 e. The Bertz CT molecular complexity index is 419. The SMILES string of the molecule is CNc1nccc(C(=O)N2CCOCC2)c1F. The van der Waals surface area contributed by atoms with Crippen molar-refractivity contribution in [1.82, 2.24) is 9.88 Å². The molecule has 6 heteroatoms. The van der Waals surface area contributed by atoms with Gasteiger partial charge in [-0.25, -0.2) is 9.37 Å². The third-order valence-electron chi connectivity index (χ3n) is 2.65. The molecule has 92 valence electrons. The Morgan fingerprint density at radius 1 is 1.53 bits per heavy atom. The summed E-state index contributed by atoms with van der Waals surface area (Å²) >= 11 is 0. The predicted molar refractivity (Wildman–Crippen MR) is 60.5 cm³/mol. The van der Waals surface area contributed by atoms with E-state index in [0.717, 1.165) is 0 Å². The number of ether oxygens (including phenoxy) is 1. The van der Waals surface area contributed by atoms with E-state index in [1.54, 1.807) is 11.9 Å². The number of aromatic nitrogens is 1. The van der Waals surface area contributed by atoms with E-state index in [-0.39, 0.29) is 17.3 Å². The van der Waals surface area contributed by atoms with E-state index < -0.39 is 5.82 Å². The summed E-state index contributed by atoms with van der Waals surface area (Å²) in [5.74, 6) is -0.833. The third kappa shape index (κ3) is 2.36. The number of hydrogen-bond acceptors (Lipinski definition) is 4. The molecule has 1 N–H and O–H groups in total. The van der Waals surface area contributed by atoms with E-state index in [9.17, 15) is 9.18 Å². The van der Waals surface area contributed by atoms with Crippen molar-refractivity contribution in [2.45, 2.75) is 0 Å². The molecule has 0 unspecified atom stereocenters. The van der Waals surface area contributed by atoms with E-state index in [4.69, 9.17) is 4.74 Å². The molecular formula is C11H14FN3O2. The second kappa shape index (κ2) is 5.09. The van der Waals surface area contributed by atoms with Crippen LogP contribution in [0.25, 0.3) is 0 Å². The average molecular weight is 239 g/mol. The number of halogens is 1. The van der Waals surface area contributed by atoms with Crippen LogP contribution < -0.4 is 5.32 Å². The van der Waals surface area contributed by atoms with Crippen molar-refractivity contribution in [3.63, 3.8) is 0 Å². The summed E-state index contributed by atoms with van der Waals surface area (Å²) in [7, 11) is 1.56. The molecule has 17 heavy (non-hydrogen) atoms. The van der Waals surface area contributed by atoms with Gasteiger partial charge in [-0.15, -0.1) is 0 Å². The fraction of sp³-hybridized carbons (Fsp3) is 0.455. The molecule has 1 aliphatic heterocycles. The molecule has 0 radical (unpaired) electrons. The molecule has 1 amide bonds. The van der Waals surface area contributed by atoms with Crippen molar-refractivity contribution in [2.24, 2.45) is 0 Å². The minimum Gasteiger partial charge on any atom is -0.378 e. The lowest BCUT2D eigenvalue weighted by atomic mass is 10.2. The van der Waals surface area contributed by atoms with Crippen LogP contribution in [0.1, 0.15) is 10.4 Å². The zero-order chi connectivity index (χ0) is 12.3. The highest BCUT2D eigenvalue weighted by molar-refractivity contribution is 5.95.